The first-order chi connectivity index (χ1) is 13.4. The minimum absolute atomic E-state index is 0.0130. The number of halogens is 1. The first-order valence-electron chi connectivity index (χ1n) is 9.43. The molecule has 2 amide bonds. The second-order valence-corrected chi connectivity index (χ2v) is 6.71. The van der Waals surface area contributed by atoms with Gasteiger partial charge in [-0.1, -0.05) is 43.3 Å². The van der Waals surface area contributed by atoms with E-state index in [1.807, 2.05) is 19.9 Å². The molecule has 0 aromatic heterocycles. The molecule has 0 saturated carbocycles. The summed E-state index contributed by atoms with van der Waals surface area (Å²) < 4.78 is 19.7. The fourth-order valence-corrected chi connectivity index (χ4v) is 2.60. The van der Waals surface area contributed by atoms with Gasteiger partial charge in [-0.15, -0.1) is 0 Å². The van der Waals surface area contributed by atoms with Crippen LogP contribution in [0.15, 0.2) is 54.6 Å². The predicted octanol–water partition coefficient (Wildman–Crippen LogP) is 3.54. The Kier molecular flexibility index (Phi) is 7.99. The van der Waals surface area contributed by atoms with Crippen LogP contribution in [-0.4, -0.2) is 35.4 Å². The van der Waals surface area contributed by atoms with E-state index in [-0.39, 0.29) is 31.0 Å². The van der Waals surface area contributed by atoms with Crippen molar-refractivity contribution >= 4 is 11.8 Å². The van der Waals surface area contributed by atoms with E-state index >= 15 is 0 Å². The van der Waals surface area contributed by atoms with E-state index in [0.717, 1.165) is 6.42 Å². The zero-order chi connectivity index (χ0) is 20.5. The van der Waals surface area contributed by atoms with Crippen molar-refractivity contribution in [2.24, 2.45) is 0 Å². The Hall–Kier alpha value is -2.89. The second-order valence-electron chi connectivity index (χ2n) is 6.71. The molecule has 28 heavy (non-hydrogen) atoms. The molecule has 0 saturated heterocycles. The van der Waals surface area contributed by atoms with Gasteiger partial charge in [0.25, 0.3) is 5.91 Å². The molecule has 0 spiro atoms. The van der Waals surface area contributed by atoms with Crippen LogP contribution in [0.5, 0.6) is 5.75 Å². The molecule has 6 heteroatoms. The van der Waals surface area contributed by atoms with E-state index in [9.17, 15) is 14.0 Å². The molecule has 0 bridgehead atoms. The van der Waals surface area contributed by atoms with Gasteiger partial charge in [-0.05, 0) is 38.5 Å². The molecular formula is C22H27FN2O3. The van der Waals surface area contributed by atoms with Crippen molar-refractivity contribution in [3.05, 3.63) is 66.0 Å². The van der Waals surface area contributed by atoms with Crippen LogP contribution in [0.1, 0.15) is 32.8 Å². The van der Waals surface area contributed by atoms with Gasteiger partial charge >= 0.3 is 0 Å². The highest BCUT2D eigenvalue weighted by atomic mass is 19.1. The van der Waals surface area contributed by atoms with Crippen LogP contribution in [0, 0.1) is 5.82 Å². The van der Waals surface area contributed by atoms with Gasteiger partial charge in [-0.3, -0.25) is 9.59 Å². The third-order valence-corrected chi connectivity index (χ3v) is 4.57. The van der Waals surface area contributed by atoms with Gasteiger partial charge in [0, 0.05) is 18.2 Å². The maximum Gasteiger partial charge on any atom is 0.261 e. The summed E-state index contributed by atoms with van der Waals surface area (Å²) in [5.41, 5.74) is 0.346. The van der Waals surface area contributed by atoms with E-state index in [4.69, 9.17) is 4.74 Å². The number of hydrogen-bond acceptors (Lipinski definition) is 3. The number of nitrogens with zero attached hydrogens (tertiary/aromatic N) is 1. The second kappa shape index (κ2) is 10.4. The summed E-state index contributed by atoms with van der Waals surface area (Å²) in [7, 11) is 0. The highest BCUT2D eigenvalue weighted by Crippen LogP contribution is 2.15. The highest BCUT2D eigenvalue weighted by Gasteiger charge is 2.27. The van der Waals surface area contributed by atoms with Crippen molar-refractivity contribution in [2.75, 3.05) is 6.61 Å². The quantitative estimate of drug-likeness (QED) is 0.717. The van der Waals surface area contributed by atoms with E-state index in [1.165, 1.54) is 11.0 Å². The Balaban J connectivity index is 2.15. The minimum atomic E-state index is -0.763. The zero-order valence-electron chi connectivity index (χ0n) is 16.5. The van der Waals surface area contributed by atoms with Crippen LogP contribution in [0.25, 0.3) is 0 Å². The Labute approximate surface area is 165 Å². The van der Waals surface area contributed by atoms with E-state index < -0.39 is 11.9 Å². The topological polar surface area (TPSA) is 58.6 Å². The average molecular weight is 386 g/mol. The fraction of sp³-hybridized carbons (Fsp3) is 0.364. The van der Waals surface area contributed by atoms with Gasteiger partial charge in [0.1, 0.15) is 17.6 Å². The number of nitrogens with one attached hydrogen (secondary N) is 1. The summed E-state index contributed by atoms with van der Waals surface area (Å²) >= 11 is 0. The Morgan fingerprint density at radius 3 is 2.36 bits per heavy atom. The van der Waals surface area contributed by atoms with Crippen LogP contribution in [0.4, 0.5) is 4.39 Å². The SMILES string of the molecule is CC[C@@H](C)NC(=O)[C@H](C)N(Cc1ccccc1F)C(=O)COc1ccccc1. The number of benzene rings is 2. The molecule has 0 aliphatic rings. The van der Waals surface area contributed by atoms with Crippen molar-refractivity contribution in [3.8, 4) is 5.75 Å². The van der Waals surface area contributed by atoms with E-state index in [0.29, 0.717) is 11.3 Å². The molecule has 0 radical (unpaired) electrons. The zero-order valence-corrected chi connectivity index (χ0v) is 16.5. The summed E-state index contributed by atoms with van der Waals surface area (Å²) in [6.45, 7) is 5.24. The molecule has 0 fully saturated rings. The van der Waals surface area contributed by atoms with Crippen molar-refractivity contribution in [1.82, 2.24) is 10.2 Å². The van der Waals surface area contributed by atoms with Crippen LogP contribution in [0.3, 0.4) is 0 Å². The standard InChI is InChI=1S/C22H27FN2O3/c1-4-16(2)24-22(27)17(3)25(14-18-10-8-9-13-20(18)23)21(26)15-28-19-11-6-5-7-12-19/h5-13,16-17H,4,14-15H2,1-3H3,(H,24,27)/t16-,17+/m1/s1. The number of carbonyl (C=O) groups excluding carboxylic acids is 2. The molecular weight excluding hydrogens is 359 g/mol. The first-order valence-corrected chi connectivity index (χ1v) is 9.43. The monoisotopic (exact) mass is 386 g/mol. The van der Waals surface area contributed by atoms with Gasteiger partial charge in [-0.2, -0.15) is 0 Å². The number of para-hydroxylation sites is 1. The molecule has 150 valence electrons. The molecule has 0 heterocycles. The Bertz CT molecular complexity index is 782. The Morgan fingerprint density at radius 2 is 1.71 bits per heavy atom. The minimum Gasteiger partial charge on any atom is -0.484 e. The first kappa shape index (κ1) is 21.4. The van der Waals surface area contributed by atoms with Crippen LogP contribution < -0.4 is 10.1 Å². The van der Waals surface area contributed by atoms with Crippen LogP contribution in [0.2, 0.25) is 0 Å². The Morgan fingerprint density at radius 1 is 1.07 bits per heavy atom. The lowest BCUT2D eigenvalue weighted by atomic mass is 10.1. The van der Waals surface area contributed by atoms with Gasteiger partial charge in [0.15, 0.2) is 6.61 Å². The summed E-state index contributed by atoms with van der Waals surface area (Å²) in [4.78, 5) is 26.7. The summed E-state index contributed by atoms with van der Waals surface area (Å²) in [5.74, 6) is -0.533. The number of rotatable bonds is 9. The molecule has 2 aromatic carbocycles. The predicted molar refractivity (Wildman–Crippen MR) is 106 cm³/mol. The van der Waals surface area contributed by atoms with Crippen LogP contribution in [-0.2, 0) is 16.1 Å². The third kappa shape index (κ3) is 6.08. The van der Waals surface area contributed by atoms with Crippen molar-refractivity contribution in [1.29, 1.82) is 0 Å². The van der Waals surface area contributed by atoms with Crippen molar-refractivity contribution in [2.45, 2.75) is 45.8 Å². The van der Waals surface area contributed by atoms with Crippen LogP contribution >= 0.6 is 0 Å². The van der Waals surface area contributed by atoms with E-state index in [2.05, 4.69) is 5.32 Å². The summed E-state index contributed by atoms with van der Waals surface area (Å²) in [5, 5.41) is 2.87. The lowest BCUT2D eigenvalue weighted by Gasteiger charge is -2.29. The maximum absolute atomic E-state index is 14.1. The normalized spacial score (nSPS) is 12.7. The lowest BCUT2D eigenvalue weighted by molar-refractivity contribution is -0.142. The number of ether oxygens (including phenoxy) is 1. The molecule has 2 atom stereocenters. The lowest BCUT2D eigenvalue weighted by Crippen LogP contribution is -2.50. The molecule has 2 aromatic rings. The van der Waals surface area contributed by atoms with Gasteiger partial charge < -0.3 is 15.0 Å². The average Bonchev–Trinajstić information content (AvgIpc) is 2.71. The number of hydrogen-bond donors (Lipinski definition) is 1. The largest absolute Gasteiger partial charge is 0.484 e. The smallest absolute Gasteiger partial charge is 0.261 e. The molecule has 1 N–H and O–H groups in total. The summed E-state index contributed by atoms with van der Waals surface area (Å²) in [6.07, 6.45) is 0.775. The third-order valence-electron chi connectivity index (χ3n) is 4.57. The van der Waals surface area contributed by atoms with Gasteiger partial charge in [-0.25, -0.2) is 4.39 Å². The highest BCUT2D eigenvalue weighted by molar-refractivity contribution is 5.88. The molecule has 0 aliphatic carbocycles. The van der Waals surface area contributed by atoms with E-state index in [1.54, 1.807) is 49.4 Å². The van der Waals surface area contributed by atoms with Crippen molar-refractivity contribution in [3.63, 3.8) is 0 Å². The van der Waals surface area contributed by atoms with Gasteiger partial charge in [0.2, 0.25) is 5.91 Å². The number of amides is 2. The maximum atomic E-state index is 14.1. The molecule has 2 rings (SSSR count). The summed E-state index contributed by atoms with van der Waals surface area (Å²) in [6, 6.07) is 14.4. The fourth-order valence-electron chi connectivity index (χ4n) is 2.60. The van der Waals surface area contributed by atoms with Gasteiger partial charge in [0.05, 0.1) is 0 Å². The molecule has 5 nitrogen and oxygen atoms in total. The molecule has 0 aliphatic heterocycles. The number of carbonyl (C=O) groups is 2. The molecule has 0 unspecified atom stereocenters. The van der Waals surface area contributed by atoms with Crippen molar-refractivity contribution < 1.29 is 18.7 Å².